The monoisotopic (exact) mass is 358 g/mol. The lowest BCUT2D eigenvalue weighted by Crippen LogP contribution is -1.98. The number of nitrogens with zero attached hydrogens (tertiary/aromatic N) is 4. The van der Waals surface area contributed by atoms with Crippen LogP contribution in [-0.2, 0) is 0 Å². The molecule has 0 saturated heterocycles. The molecule has 0 aliphatic carbocycles. The highest BCUT2D eigenvalue weighted by Gasteiger charge is 2.18. The Kier molecular flexibility index (Phi) is 4.18. The van der Waals surface area contributed by atoms with Gasteiger partial charge in [0.2, 0.25) is 11.6 Å². The van der Waals surface area contributed by atoms with Gasteiger partial charge in [0.1, 0.15) is 0 Å². The third-order valence-electron chi connectivity index (χ3n) is 4.02. The second-order valence-corrected chi connectivity index (χ2v) is 5.94. The zero-order chi connectivity index (χ0) is 18.8. The van der Waals surface area contributed by atoms with E-state index < -0.39 is 4.92 Å². The summed E-state index contributed by atoms with van der Waals surface area (Å²) in [6.45, 7) is 1.79. The van der Waals surface area contributed by atoms with E-state index >= 15 is 0 Å². The highest BCUT2D eigenvalue weighted by molar-refractivity contribution is 5.85. The molecule has 0 saturated carbocycles. The second-order valence-electron chi connectivity index (χ2n) is 5.94. The van der Waals surface area contributed by atoms with E-state index in [-0.39, 0.29) is 17.3 Å². The molecule has 0 fully saturated rings. The molecule has 0 atom stereocenters. The first-order chi connectivity index (χ1) is 13.1. The van der Waals surface area contributed by atoms with Crippen molar-refractivity contribution >= 4 is 16.6 Å². The Morgan fingerprint density at radius 3 is 2.56 bits per heavy atom. The van der Waals surface area contributed by atoms with Crippen molar-refractivity contribution in [2.24, 2.45) is 0 Å². The van der Waals surface area contributed by atoms with Gasteiger partial charge >= 0.3 is 5.69 Å². The molecule has 27 heavy (non-hydrogen) atoms. The molecule has 7 heteroatoms. The molecule has 0 aliphatic rings. The smallest absolute Gasteiger partial charge is 0.311 e. The third-order valence-corrected chi connectivity index (χ3v) is 4.02. The second kappa shape index (κ2) is 6.80. The number of para-hydroxylation sites is 1. The molecule has 4 aromatic rings. The van der Waals surface area contributed by atoms with Gasteiger partial charge in [0.05, 0.1) is 15.8 Å². The van der Waals surface area contributed by atoms with Gasteiger partial charge in [-0.3, -0.25) is 15.1 Å². The number of rotatable bonds is 4. The lowest BCUT2D eigenvalue weighted by atomic mass is 10.2. The van der Waals surface area contributed by atoms with Crippen LogP contribution in [0.4, 0.5) is 5.69 Å². The SMILES string of the molecule is Cc1ccc(Oc2nc(-c3ccncc3)nc3ccccc23)c([N+](=O)[O-])c1. The number of nitro benzene ring substituents is 1. The summed E-state index contributed by atoms with van der Waals surface area (Å²) in [7, 11) is 0. The van der Waals surface area contributed by atoms with E-state index in [4.69, 9.17) is 4.74 Å². The maximum absolute atomic E-state index is 11.4. The molecule has 2 aromatic heterocycles. The maximum Gasteiger partial charge on any atom is 0.311 e. The fraction of sp³-hybridized carbons (Fsp3) is 0.0500. The van der Waals surface area contributed by atoms with Gasteiger partial charge < -0.3 is 4.74 Å². The number of ether oxygens (including phenoxy) is 1. The minimum absolute atomic E-state index is 0.108. The summed E-state index contributed by atoms with van der Waals surface area (Å²) >= 11 is 0. The van der Waals surface area contributed by atoms with Crippen molar-refractivity contribution in [3.05, 3.63) is 82.7 Å². The zero-order valence-electron chi connectivity index (χ0n) is 14.4. The number of hydrogen-bond acceptors (Lipinski definition) is 6. The predicted octanol–water partition coefficient (Wildman–Crippen LogP) is 4.70. The molecular weight excluding hydrogens is 344 g/mol. The van der Waals surface area contributed by atoms with Crippen LogP contribution < -0.4 is 4.74 Å². The van der Waals surface area contributed by atoms with Crippen LogP contribution in [0.25, 0.3) is 22.3 Å². The van der Waals surface area contributed by atoms with Crippen molar-refractivity contribution in [2.75, 3.05) is 0 Å². The number of aryl methyl sites for hydroxylation is 1. The van der Waals surface area contributed by atoms with E-state index in [2.05, 4.69) is 15.0 Å². The number of pyridine rings is 1. The van der Waals surface area contributed by atoms with Crippen LogP contribution in [0.5, 0.6) is 11.6 Å². The highest BCUT2D eigenvalue weighted by atomic mass is 16.6. The minimum Gasteiger partial charge on any atom is -0.431 e. The first-order valence-corrected chi connectivity index (χ1v) is 8.22. The standard InChI is InChI=1S/C20H14N4O3/c1-13-6-7-18(17(12-13)24(25)26)27-20-15-4-2-3-5-16(15)22-19(23-20)14-8-10-21-11-9-14/h2-12H,1H3. The number of hydrogen-bond donors (Lipinski definition) is 0. The quantitative estimate of drug-likeness (QED) is 0.388. The number of aromatic nitrogens is 3. The van der Waals surface area contributed by atoms with Crippen LogP contribution in [0.3, 0.4) is 0 Å². The first-order valence-electron chi connectivity index (χ1n) is 8.22. The van der Waals surface area contributed by atoms with Gasteiger partial charge in [-0.05, 0) is 42.8 Å². The van der Waals surface area contributed by atoms with Crippen LogP contribution in [0.1, 0.15) is 5.56 Å². The molecule has 7 nitrogen and oxygen atoms in total. The summed E-state index contributed by atoms with van der Waals surface area (Å²) in [4.78, 5) is 24.0. The molecule has 132 valence electrons. The van der Waals surface area contributed by atoms with Crippen LogP contribution in [0.2, 0.25) is 0 Å². The summed E-state index contributed by atoms with van der Waals surface area (Å²) in [6, 6.07) is 15.8. The third kappa shape index (κ3) is 3.30. The Morgan fingerprint density at radius 1 is 1.00 bits per heavy atom. The van der Waals surface area contributed by atoms with Crippen molar-refractivity contribution in [3.63, 3.8) is 0 Å². The molecule has 0 unspecified atom stereocenters. The van der Waals surface area contributed by atoms with E-state index in [1.54, 1.807) is 43.6 Å². The number of nitro groups is 1. The van der Waals surface area contributed by atoms with E-state index in [9.17, 15) is 10.1 Å². The van der Waals surface area contributed by atoms with Crippen LogP contribution in [0.15, 0.2) is 67.0 Å². The van der Waals surface area contributed by atoms with E-state index in [1.807, 2.05) is 24.3 Å². The summed E-state index contributed by atoms with van der Waals surface area (Å²) in [5.74, 6) is 0.857. The fourth-order valence-corrected chi connectivity index (χ4v) is 2.72. The largest absolute Gasteiger partial charge is 0.431 e. The van der Waals surface area contributed by atoms with E-state index in [0.717, 1.165) is 11.1 Å². The topological polar surface area (TPSA) is 91.0 Å². The van der Waals surface area contributed by atoms with Crippen molar-refractivity contribution in [1.82, 2.24) is 15.0 Å². The summed E-state index contributed by atoms with van der Waals surface area (Å²) in [5, 5.41) is 12.1. The molecule has 0 spiro atoms. The van der Waals surface area contributed by atoms with Gasteiger partial charge in [-0.25, -0.2) is 4.98 Å². The fourth-order valence-electron chi connectivity index (χ4n) is 2.72. The minimum atomic E-state index is -0.463. The van der Waals surface area contributed by atoms with Crippen molar-refractivity contribution in [2.45, 2.75) is 6.92 Å². The molecule has 0 aliphatic heterocycles. The zero-order valence-corrected chi connectivity index (χ0v) is 14.4. The molecule has 0 N–H and O–H groups in total. The number of benzene rings is 2. The average Bonchev–Trinajstić information content (AvgIpc) is 2.69. The van der Waals surface area contributed by atoms with Gasteiger partial charge in [0, 0.05) is 24.0 Å². The molecular formula is C20H14N4O3. The van der Waals surface area contributed by atoms with Gasteiger partial charge in [-0.1, -0.05) is 18.2 Å². The summed E-state index contributed by atoms with van der Waals surface area (Å²) in [5.41, 5.74) is 2.13. The van der Waals surface area contributed by atoms with Crippen LogP contribution in [-0.4, -0.2) is 19.9 Å². The van der Waals surface area contributed by atoms with Gasteiger partial charge in [-0.15, -0.1) is 0 Å². The van der Waals surface area contributed by atoms with Gasteiger partial charge in [0.25, 0.3) is 0 Å². The Bertz CT molecular complexity index is 1150. The lowest BCUT2D eigenvalue weighted by Gasteiger charge is -2.10. The molecule has 0 amide bonds. The van der Waals surface area contributed by atoms with Crippen molar-refractivity contribution in [3.8, 4) is 23.0 Å². The molecule has 0 radical (unpaired) electrons. The van der Waals surface area contributed by atoms with E-state index in [1.165, 1.54) is 6.07 Å². The molecule has 2 heterocycles. The van der Waals surface area contributed by atoms with Gasteiger partial charge in [0.15, 0.2) is 5.82 Å². The lowest BCUT2D eigenvalue weighted by molar-refractivity contribution is -0.385. The van der Waals surface area contributed by atoms with Crippen molar-refractivity contribution in [1.29, 1.82) is 0 Å². The van der Waals surface area contributed by atoms with Crippen molar-refractivity contribution < 1.29 is 9.66 Å². The molecule has 0 bridgehead atoms. The predicted molar refractivity (Wildman–Crippen MR) is 101 cm³/mol. The average molecular weight is 358 g/mol. The Morgan fingerprint density at radius 2 is 1.78 bits per heavy atom. The van der Waals surface area contributed by atoms with Crippen LogP contribution >= 0.6 is 0 Å². The molecule has 2 aromatic carbocycles. The normalized spacial score (nSPS) is 10.7. The Balaban J connectivity index is 1.88. The maximum atomic E-state index is 11.4. The molecule has 4 rings (SSSR count). The highest BCUT2D eigenvalue weighted by Crippen LogP contribution is 2.35. The summed E-state index contributed by atoms with van der Waals surface area (Å²) < 4.78 is 5.89. The number of fused-ring (bicyclic) bond motifs is 1. The Hall–Kier alpha value is -3.87. The summed E-state index contributed by atoms with van der Waals surface area (Å²) in [6.07, 6.45) is 3.30. The first kappa shape index (κ1) is 16.6. The van der Waals surface area contributed by atoms with E-state index in [0.29, 0.717) is 16.7 Å². The Labute approximate surface area is 154 Å². The van der Waals surface area contributed by atoms with Gasteiger partial charge in [-0.2, -0.15) is 4.98 Å². The van der Waals surface area contributed by atoms with Crippen LogP contribution in [0, 0.1) is 17.0 Å².